The zero-order valence-electron chi connectivity index (χ0n) is 8.23. The molecule has 0 aromatic heterocycles. The first-order valence-electron chi connectivity index (χ1n) is 3.79. The Morgan fingerprint density at radius 3 is 1.56 bits per heavy atom. The monoisotopic (exact) mass is 269 g/mol. The van der Waals surface area contributed by atoms with Crippen LogP contribution in [-0.4, -0.2) is 25.9 Å². The van der Waals surface area contributed by atoms with Crippen LogP contribution in [0.15, 0.2) is 29.2 Å². The first-order valence-corrected chi connectivity index (χ1v) is 6.74. The van der Waals surface area contributed by atoms with E-state index in [1.165, 1.54) is 12.1 Å². The Bertz CT molecular complexity index is 523. The minimum atomic E-state index is -4.17. The first-order chi connectivity index (χ1) is 7.00. The summed E-state index contributed by atoms with van der Waals surface area (Å²) in [4.78, 5) is -0.0666. The highest BCUT2D eigenvalue weighted by Crippen LogP contribution is 2.08. The maximum absolute atomic E-state index is 10.5. The Balaban J connectivity index is 0.000000385. The third kappa shape index (κ3) is 8.32. The van der Waals surface area contributed by atoms with Crippen LogP contribution in [0.3, 0.4) is 0 Å². The van der Waals surface area contributed by atoms with Gasteiger partial charge in [-0.2, -0.15) is 16.8 Å². The van der Waals surface area contributed by atoms with Gasteiger partial charge in [0.05, 0.1) is 4.90 Å². The minimum Gasteiger partial charge on any atom is -0.282 e. The summed E-state index contributed by atoms with van der Waals surface area (Å²) >= 11 is 0. The van der Waals surface area contributed by atoms with Gasteiger partial charge in [0.15, 0.2) is 0 Å². The zero-order chi connectivity index (χ0) is 13.0. The molecular formula is C7H11NO6S2. The molecular weight excluding hydrogens is 258 g/mol. The first kappa shape index (κ1) is 15.0. The van der Waals surface area contributed by atoms with Gasteiger partial charge in [-0.25, -0.2) is 5.14 Å². The molecule has 0 atom stereocenters. The smallest absolute Gasteiger partial charge is 0.282 e. The summed E-state index contributed by atoms with van der Waals surface area (Å²) in [7, 11) is -8.19. The lowest BCUT2D eigenvalue weighted by Crippen LogP contribution is -2.08. The van der Waals surface area contributed by atoms with Crippen LogP contribution in [0.5, 0.6) is 0 Å². The molecule has 0 fully saturated rings. The van der Waals surface area contributed by atoms with Crippen LogP contribution in [0.2, 0.25) is 0 Å². The second-order valence-electron chi connectivity index (χ2n) is 2.80. The average molecular weight is 269 g/mol. The summed E-state index contributed by atoms with van der Waals surface area (Å²) < 4.78 is 54.8. The molecule has 92 valence electrons. The van der Waals surface area contributed by atoms with Crippen molar-refractivity contribution in [1.29, 1.82) is 0 Å². The molecule has 0 saturated heterocycles. The predicted octanol–water partition coefficient (Wildman–Crippen LogP) is -0.0104. The lowest BCUT2D eigenvalue weighted by Gasteiger charge is -1.95. The van der Waals surface area contributed by atoms with Crippen LogP contribution in [0, 0.1) is 6.92 Å². The lowest BCUT2D eigenvalue weighted by molar-refractivity contribution is 0.481. The maximum atomic E-state index is 10.5. The molecule has 9 heteroatoms. The van der Waals surface area contributed by atoms with E-state index in [9.17, 15) is 8.42 Å². The summed E-state index contributed by atoms with van der Waals surface area (Å²) in [5, 5.41) is 3.88. The number of rotatable bonds is 1. The fourth-order valence-corrected chi connectivity index (χ4v) is 1.19. The molecule has 0 unspecified atom stereocenters. The summed E-state index contributed by atoms with van der Waals surface area (Å²) in [5.74, 6) is 0. The quantitative estimate of drug-likeness (QED) is 0.613. The van der Waals surface area contributed by atoms with Crippen LogP contribution in [0.4, 0.5) is 0 Å². The molecule has 0 heterocycles. The van der Waals surface area contributed by atoms with Gasteiger partial charge < -0.3 is 0 Å². The molecule has 0 spiro atoms. The van der Waals surface area contributed by atoms with E-state index < -0.39 is 20.4 Å². The van der Waals surface area contributed by atoms with Gasteiger partial charge in [0, 0.05) is 0 Å². The van der Waals surface area contributed by atoms with Crippen molar-refractivity contribution < 1.29 is 25.9 Å². The molecule has 0 aliphatic rings. The SMILES string of the molecule is Cc1ccc(S(=O)(=O)O)cc1.NS(=O)(=O)O. The lowest BCUT2D eigenvalue weighted by atomic mass is 10.2. The van der Waals surface area contributed by atoms with Gasteiger partial charge in [0.1, 0.15) is 0 Å². The Morgan fingerprint density at radius 1 is 1.00 bits per heavy atom. The van der Waals surface area contributed by atoms with Gasteiger partial charge >= 0.3 is 10.3 Å². The fraction of sp³-hybridized carbons (Fsp3) is 0.143. The van der Waals surface area contributed by atoms with Gasteiger partial charge in [-0.05, 0) is 19.1 Å². The maximum Gasteiger partial charge on any atom is 0.330 e. The Morgan fingerprint density at radius 2 is 1.31 bits per heavy atom. The normalized spacial score (nSPS) is 11.5. The summed E-state index contributed by atoms with van der Waals surface area (Å²) in [6, 6.07) is 5.99. The van der Waals surface area contributed by atoms with Crippen LogP contribution < -0.4 is 5.14 Å². The number of benzene rings is 1. The fourth-order valence-electron chi connectivity index (χ4n) is 0.710. The van der Waals surface area contributed by atoms with Gasteiger partial charge in [-0.1, -0.05) is 17.7 Å². The van der Waals surface area contributed by atoms with Crippen molar-refractivity contribution in [1.82, 2.24) is 0 Å². The molecule has 0 radical (unpaired) electrons. The Kier molecular flexibility index (Phi) is 5.03. The van der Waals surface area contributed by atoms with Gasteiger partial charge in [-0.3, -0.25) is 9.11 Å². The molecule has 0 bridgehead atoms. The number of nitrogens with two attached hydrogens (primary N) is 1. The van der Waals surface area contributed by atoms with Crippen molar-refractivity contribution >= 4 is 20.4 Å². The standard InChI is InChI=1S/C7H8O3S.H3NO3S/c1-6-2-4-7(5-3-6)11(8,9)10;1-5(2,3)4/h2-5H,1H3,(H,8,9,10);(H3,1,2,3,4). The highest BCUT2D eigenvalue weighted by Gasteiger charge is 2.06. The van der Waals surface area contributed by atoms with Gasteiger partial charge in [0.2, 0.25) is 0 Å². The Hall–Kier alpha value is -1.00. The van der Waals surface area contributed by atoms with Crippen molar-refractivity contribution in [3.63, 3.8) is 0 Å². The Labute approximate surface area is 93.5 Å². The molecule has 0 aliphatic carbocycles. The van der Waals surface area contributed by atoms with Crippen molar-refractivity contribution in [3.05, 3.63) is 29.8 Å². The average Bonchev–Trinajstić information content (AvgIpc) is 1.99. The molecule has 1 aromatic carbocycles. The van der Waals surface area contributed by atoms with Crippen LogP contribution in [0.1, 0.15) is 5.56 Å². The third-order valence-corrected chi connectivity index (χ3v) is 2.19. The molecule has 16 heavy (non-hydrogen) atoms. The molecule has 1 aromatic rings. The second-order valence-corrected chi connectivity index (χ2v) is 5.25. The molecule has 1 rings (SSSR count). The van der Waals surface area contributed by atoms with Crippen molar-refractivity contribution in [2.45, 2.75) is 11.8 Å². The largest absolute Gasteiger partial charge is 0.330 e. The summed E-state index contributed by atoms with van der Waals surface area (Å²) in [5.41, 5.74) is 0.956. The van der Waals surface area contributed by atoms with E-state index in [2.05, 4.69) is 5.14 Å². The summed E-state index contributed by atoms with van der Waals surface area (Å²) in [6.07, 6.45) is 0. The van der Waals surface area contributed by atoms with Crippen molar-refractivity contribution in [2.24, 2.45) is 5.14 Å². The third-order valence-electron chi connectivity index (χ3n) is 1.32. The van der Waals surface area contributed by atoms with Gasteiger partial charge in [0.25, 0.3) is 10.1 Å². The zero-order valence-corrected chi connectivity index (χ0v) is 9.86. The number of hydrogen-bond acceptors (Lipinski definition) is 4. The van der Waals surface area contributed by atoms with E-state index in [0.29, 0.717) is 0 Å². The van der Waals surface area contributed by atoms with E-state index in [1.54, 1.807) is 12.1 Å². The second kappa shape index (κ2) is 5.37. The van der Waals surface area contributed by atoms with E-state index in [0.717, 1.165) is 5.56 Å². The molecule has 0 amide bonds. The minimum absolute atomic E-state index is 0.0666. The topological polar surface area (TPSA) is 135 Å². The molecule has 7 nitrogen and oxygen atoms in total. The summed E-state index contributed by atoms with van der Waals surface area (Å²) in [6.45, 7) is 1.84. The molecule has 0 aliphatic heterocycles. The predicted molar refractivity (Wildman–Crippen MR) is 56.7 cm³/mol. The van der Waals surface area contributed by atoms with E-state index in [4.69, 9.17) is 17.5 Å². The van der Waals surface area contributed by atoms with E-state index in [1.807, 2.05) is 6.92 Å². The van der Waals surface area contributed by atoms with Crippen molar-refractivity contribution in [2.75, 3.05) is 0 Å². The van der Waals surface area contributed by atoms with Crippen LogP contribution >= 0.6 is 0 Å². The molecule has 4 N–H and O–H groups in total. The highest BCUT2D eigenvalue weighted by molar-refractivity contribution is 7.85. The van der Waals surface area contributed by atoms with Crippen molar-refractivity contribution in [3.8, 4) is 0 Å². The number of aryl methyl sites for hydroxylation is 1. The van der Waals surface area contributed by atoms with Crippen LogP contribution in [0.25, 0.3) is 0 Å². The highest BCUT2D eigenvalue weighted by atomic mass is 32.2. The van der Waals surface area contributed by atoms with E-state index >= 15 is 0 Å². The van der Waals surface area contributed by atoms with Crippen LogP contribution in [-0.2, 0) is 20.4 Å². The van der Waals surface area contributed by atoms with E-state index in [-0.39, 0.29) is 4.90 Å². The number of hydrogen-bond donors (Lipinski definition) is 3. The molecule has 0 saturated carbocycles. The van der Waals surface area contributed by atoms with Gasteiger partial charge in [-0.15, -0.1) is 0 Å².